The summed E-state index contributed by atoms with van der Waals surface area (Å²) >= 11 is 0. The Morgan fingerprint density at radius 3 is 2.71 bits per heavy atom. The van der Waals surface area contributed by atoms with Gasteiger partial charge in [0.25, 0.3) is 0 Å². The second-order valence-electron chi connectivity index (χ2n) is 3.73. The van der Waals surface area contributed by atoms with Crippen LogP contribution < -0.4 is 4.74 Å². The van der Waals surface area contributed by atoms with E-state index in [9.17, 15) is 0 Å². The third kappa shape index (κ3) is 1.35. The summed E-state index contributed by atoms with van der Waals surface area (Å²) in [6.07, 6.45) is 0. The number of ether oxygens (including phenoxy) is 1. The van der Waals surface area contributed by atoms with Gasteiger partial charge in [-0.1, -0.05) is 18.2 Å². The number of benzene rings is 2. The monoisotopic (exact) mass is 223 g/mol. The van der Waals surface area contributed by atoms with Gasteiger partial charge in [0, 0.05) is 10.8 Å². The van der Waals surface area contributed by atoms with Crippen LogP contribution in [0.2, 0.25) is 0 Å². The SMILES string of the molecule is [C-]#[N+]c1cc2oc3ccccc3c2cc1OC. The number of para-hydroxylation sites is 1. The van der Waals surface area contributed by atoms with Crippen molar-refractivity contribution < 1.29 is 9.15 Å². The minimum absolute atomic E-state index is 0.471. The topological polar surface area (TPSA) is 26.7 Å². The van der Waals surface area contributed by atoms with Crippen molar-refractivity contribution in [3.8, 4) is 5.75 Å². The van der Waals surface area contributed by atoms with Crippen LogP contribution in [0.1, 0.15) is 0 Å². The highest BCUT2D eigenvalue weighted by atomic mass is 16.5. The standard InChI is InChI=1S/C14H9NO2/c1-15-11-8-13-10(7-14(11)16-2)9-5-3-4-6-12(9)17-13/h3-8H,2H3. The van der Waals surface area contributed by atoms with E-state index in [0.29, 0.717) is 11.4 Å². The summed E-state index contributed by atoms with van der Waals surface area (Å²) in [6.45, 7) is 7.10. The number of methoxy groups -OCH3 is 1. The predicted molar refractivity (Wildman–Crippen MR) is 66.5 cm³/mol. The van der Waals surface area contributed by atoms with Crippen molar-refractivity contribution in [2.24, 2.45) is 0 Å². The average molecular weight is 223 g/mol. The Bertz CT molecular complexity index is 750. The van der Waals surface area contributed by atoms with Gasteiger partial charge in [-0.2, -0.15) is 0 Å². The highest BCUT2D eigenvalue weighted by Crippen LogP contribution is 2.37. The van der Waals surface area contributed by atoms with Crippen LogP contribution in [-0.2, 0) is 0 Å². The van der Waals surface area contributed by atoms with Crippen molar-refractivity contribution in [1.82, 2.24) is 0 Å². The van der Waals surface area contributed by atoms with E-state index in [1.54, 1.807) is 13.2 Å². The van der Waals surface area contributed by atoms with Gasteiger partial charge in [0.1, 0.15) is 16.9 Å². The smallest absolute Gasteiger partial charge is 0.231 e. The van der Waals surface area contributed by atoms with Crippen LogP contribution in [0.3, 0.4) is 0 Å². The number of hydrogen-bond donors (Lipinski definition) is 0. The molecule has 2 aromatic carbocycles. The maximum Gasteiger partial charge on any atom is 0.231 e. The molecule has 0 saturated carbocycles. The lowest BCUT2D eigenvalue weighted by atomic mass is 10.1. The molecular weight excluding hydrogens is 214 g/mol. The lowest BCUT2D eigenvalue weighted by Gasteiger charge is -2.01. The first-order chi connectivity index (χ1) is 8.33. The first kappa shape index (κ1) is 9.73. The Balaban J connectivity index is 2.47. The van der Waals surface area contributed by atoms with Crippen molar-refractivity contribution in [2.45, 2.75) is 0 Å². The quantitative estimate of drug-likeness (QED) is 0.579. The molecule has 1 heterocycles. The summed E-state index contributed by atoms with van der Waals surface area (Å²) in [5.74, 6) is 0.582. The van der Waals surface area contributed by atoms with Crippen LogP contribution in [0.25, 0.3) is 26.8 Å². The zero-order chi connectivity index (χ0) is 11.8. The summed E-state index contributed by atoms with van der Waals surface area (Å²) in [4.78, 5) is 3.43. The molecule has 3 nitrogen and oxygen atoms in total. The van der Waals surface area contributed by atoms with Gasteiger partial charge in [-0.25, -0.2) is 4.85 Å². The van der Waals surface area contributed by atoms with E-state index in [1.165, 1.54) is 0 Å². The Hall–Kier alpha value is -2.47. The molecule has 1 aromatic heterocycles. The first-order valence-electron chi connectivity index (χ1n) is 5.20. The molecule has 82 valence electrons. The molecular formula is C14H9NO2. The third-order valence-electron chi connectivity index (χ3n) is 2.80. The Kier molecular flexibility index (Phi) is 2.02. The molecule has 0 fully saturated rings. The maximum absolute atomic E-state index is 7.10. The summed E-state index contributed by atoms with van der Waals surface area (Å²) in [7, 11) is 1.57. The third-order valence-corrected chi connectivity index (χ3v) is 2.80. The largest absolute Gasteiger partial charge is 0.508 e. The van der Waals surface area contributed by atoms with Crippen molar-refractivity contribution in [3.63, 3.8) is 0 Å². The molecule has 3 rings (SSSR count). The average Bonchev–Trinajstić information content (AvgIpc) is 2.74. The minimum atomic E-state index is 0.471. The van der Waals surface area contributed by atoms with E-state index < -0.39 is 0 Å². The minimum Gasteiger partial charge on any atom is -0.508 e. The second kappa shape index (κ2) is 3.53. The molecule has 17 heavy (non-hydrogen) atoms. The highest BCUT2D eigenvalue weighted by Gasteiger charge is 2.11. The zero-order valence-corrected chi connectivity index (χ0v) is 9.23. The summed E-state index contributed by atoms with van der Waals surface area (Å²) < 4.78 is 10.9. The van der Waals surface area contributed by atoms with E-state index in [0.717, 1.165) is 21.9 Å². The van der Waals surface area contributed by atoms with Gasteiger partial charge in [0.05, 0.1) is 13.7 Å². The molecule has 0 saturated heterocycles. The molecule has 3 aromatic rings. The van der Waals surface area contributed by atoms with Crippen molar-refractivity contribution in [1.29, 1.82) is 0 Å². The Morgan fingerprint density at radius 2 is 1.94 bits per heavy atom. The molecule has 0 aliphatic carbocycles. The van der Waals surface area contributed by atoms with Gasteiger partial charge in [0.2, 0.25) is 5.69 Å². The van der Waals surface area contributed by atoms with Gasteiger partial charge in [-0.05, 0) is 18.2 Å². The van der Waals surface area contributed by atoms with E-state index in [2.05, 4.69) is 4.85 Å². The molecule has 0 atom stereocenters. The van der Waals surface area contributed by atoms with Gasteiger partial charge < -0.3 is 9.15 Å². The first-order valence-corrected chi connectivity index (χ1v) is 5.20. The molecule has 0 N–H and O–H groups in total. The van der Waals surface area contributed by atoms with Crippen LogP contribution in [0, 0.1) is 6.57 Å². The van der Waals surface area contributed by atoms with Gasteiger partial charge in [0.15, 0.2) is 0 Å². The van der Waals surface area contributed by atoms with Crippen LogP contribution in [0.5, 0.6) is 5.75 Å². The molecule has 0 unspecified atom stereocenters. The van der Waals surface area contributed by atoms with Crippen molar-refractivity contribution in [2.75, 3.05) is 7.11 Å². The fraction of sp³-hybridized carbons (Fsp3) is 0.0714. The molecule has 0 bridgehead atoms. The number of furan rings is 1. The number of fused-ring (bicyclic) bond motifs is 3. The molecule has 0 radical (unpaired) electrons. The fourth-order valence-electron chi connectivity index (χ4n) is 1.99. The Morgan fingerprint density at radius 1 is 1.12 bits per heavy atom. The number of hydrogen-bond acceptors (Lipinski definition) is 2. The van der Waals surface area contributed by atoms with Crippen molar-refractivity contribution >= 4 is 27.6 Å². The molecule has 3 heteroatoms. The predicted octanol–water partition coefficient (Wildman–Crippen LogP) is 4.15. The molecule has 0 amide bonds. The van der Waals surface area contributed by atoms with E-state index in [4.69, 9.17) is 15.7 Å². The highest BCUT2D eigenvalue weighted by molar-refractivity contribution is 6.06. The lowest BCUT2D eigenvalue weighted by molar-refractivity contribution is 0.418. The normalized spacial score (nSPS) is 10.6. The Labute approximate surface area is 98.0 Å². The maximum atomic E-state index is 7.10. The number of rotatable bonds is 1. The molecule has 0 aliphatic rings. The zero-order valence-electron chi connectivity index (χ0n) is 9.23. The van der Waals surface area contributed by atoms with E-state index in [1.807, 2.05) is 30.3 Å². The summed E-state index contributed by atoms with van der Waals surface area (Å²) in [6, 6.07) is 11.4. The van der Waals surface area contributed by atoms with Gasteiger partial charge in [-0.15, -0.1) is 0 Å². The molecule has 0 spiro atoms. The van der Waals surface area contributed by atoms with Gasteiger partial charge >= 0.3 is 0 Å². The van der Waals surface area contributed by atoms with E-state index in [-0.39, 0.29) is 0 Å². The van der Waals surface area contributed by atoms with Crippen LogP contribution in [0.15, 0.2) is 40.8 Å². The summed E-state index contributed by atoms with van der Waals surface area (Å²) in [5, 5.41) is 2.02. The van der Waals surface area contributed by atoms with Crippen LogP contribution in [-0.4, -0.2) is 7.11 Å². The van der Waals surface area contributed by atoms with Crippen molar-refractivity contribution in [3.05, 3.63) is 47.8 Å². The summed E-state index contributed by atoms with van der Waals surface area (Å²) in [5.41, 5.74) is 2.02. The van der Waals surface area contributed by atoms with Gasteiger partial charge in [-0.3, -0.25) is 0 Å². The second-order valence-corrected chi connectivity index (χ2v) is 3.73. The number of nitrogens with zero attached hydrogens (tertiary/aromatic N) is 1. The van der Waals surface area contributed by atoms with E-state index >= 15 is 0 Å². The molecule has 0 aliphatic heterocycles. The lowest BCUT2D eigenvalue weighted by Crippen LogP contribution is -1.82. The fourth-order valence-corrected chi connectivity index (χ4v) is 1.99. The van der Waals surface area contributed by atoms with Crippen LogP contribution in [0.4, 0.5) is 5.69 Å². The van der Waals surface area contributed by atoms with Crippen LogP contribution >= 0.6 is 0 Å².